The molecule has 2 aliphatic rings. The van der Waals surface area contributed by atoms with E-state index in [1.807, 2.05) is 0 Å². The second-order valence-electron chi connectivity index (χ2n) is 9.63. The maximum atomic E-state index is 6.24. The van der Waals surface area contributed by atoms with Gasteiger partial charge < -0.3 is 9.47 Å². The summed E-state index contributed by atoms with van der Waals surface area (Å²) in [7, 11) is 0. The molecule has 0 aromatic carbocycles. The summed E-state index contributed by atoms with van der Waals surface area (Å²) in [5.41, 5.74) is 0. The first kappa shape index (κ1) is 25.2. The van der Waals surface area contributed by atoms with E-state index in [-0.39, 0.29) is 0 Å². The Kier molecular flexibility index (Phi) is 15.3. The fourth-order valence-corrected chi connectivity index (χ4v) is 5.08. The summed E-state index contributed by atoms with van der Waals surface area (Å²) < 4.78 is 12.4. The summed E-state index contributed by atoms with van der Waals surface area (Å²) in [4.78, 5) is 0. The van der Waals surface area contributed by atoms with Gasteiger partial charge in [0, 0.05) is 13.2 Å². The summed E-state index contributed by atoms with van der Waals surface area (Å²) in [5.74, 6) is 0.910. The Morgan fingerprint density at radius 1 is 0.621 bits per heavy atom. The lowest BCUT2D eigenvalue weighted by molar-refractivity contribution is 0.0367. The van der Waals surface area contributed by atoms with Gasteiger partial charge in [0.05, 0.1) is 12.2 Å². The molecule has 0 aromatic heterocycles. The molecule has 2 saturated carbocycles. The molecule has 3 atom stereocenters. The van der Waals surface area contributed by atoms with E-state index in [4.69, 9.17) is 9.47 Å². The van der Waals surface area contributed by atoms with Crippen molar-refractivity contribution in [3.63, 3.8) is 0 Å². The maximum absolute atomic E-state index is 6.24. The van der Waals surface area contributed by atoms with Crippen molar-refractivity contribution in [2.24, 2.45) is 5.92 Å². The van der Waals surface area contributed by atoms with Crippen molar-refractivity contribution < 1.29 is 9.47 Å². The molecule has 0 bridgehead atoms. The van der Waals surface area contributed by atoms with Gasteiger partial charge in [-0.15, -0.1) is 0 Å². The maximum Gasteiger partial charge on any atom is 0.0575 e. The third-order valence-corrected chi connectivity index (χ3v) is 7.02. The molecule has 3 unspecified atom stereocenters. The van der Waals surface area contributed by atoms with Crippen LogP contribution in [0, 0.1) is 19.3 Å². The van der Waals surface area contributed by atoms with Crippen LogP contribution in [0.5, 0.6) is 0 Å². The zero-order valence-corrected chi connectivity index (χ0v) is 19.4. The Bertz CT molecular complexity index is 348. The van der Waals surface area contributed by atoms with Crippen LogP contribution < -0.4 is 0 Å². The SMILES string of the molecule is [CH2]CCCCCCCCCOC1CCCC(CCCOC2CC[CH]CCC2)CC1. The number of hydrogen-bond donors (Lipinski definition) is 0. The van der Waals surface area contributed by atoms with Gasteiger partial charge in [-0.2, -0.15) is 0 Å². The highest BCUT2D eigenvalue weighted by atomic mass is 16.5. The van der Waals surface area contributed by atoms with Crippen LogP contribution in [0.25, 0.3) is 0 Å². The first-order valence-electron chi connectivity index (χ1n) is 13.2. The van der Waals surface area contributed by atoms with Gasteiger partial charge in [0.25, 0.3) is 0 Å². The average Bonchev–Trinajstić information content (AvgIpc) is 3.13. The fraction of sp³-hybridized carbons (Fsp3) is 0.926. The molecule has 170 valence electrons. The number of hydrogen-bond acceptors (Lipinski definition) is 2. The van der Waals surface area contributed by atoms with Crippen molar-refractivity contribution in [1.82, 2.24) is 0 Å². The van der Waals surface area contributed by atoms with Gasteiger partial charge >= 0.3 is 0 Å². The Morgan fingerprint density at radius 2 is 1.31 bits per heavy atom. The van der Waals surface area contributed by atoms with E-state index in [1.54, 1.807) is 0 Å². The second kappa shape index (κ2) is 17.6. The molecular formula is C27H50O2. The second-order valence-corrected chi connectivity index (χ2v) is 9.63. The fourth-order valence-electron chi connectivity index (χ4n) is 5.08. The standard InChI is InChI=1S/C27H50O2/c1-2-3-4-5-6-7-10-13-23-28-27-20-14-16-25(21-22-27)17-15-24-29-26-18-11-8-9-12-19-26/h8,25-27H,1-7,9-24H2. The van der Waals surface area contributed by atoms with Crippen molar-refractivity contribution in [3.8, 4) is 0 Å². The van der Waals surface area contributed by atoms with Gasteiger partial charge in [0.1, 0.15) is 0 Å². The number of unbranched alkanes of at least 4 members (excludes halogenated alkanes) is 7. The normalized spacial score (nSPS) is 24.3. The van der Waals surface area contributed by atoms with E-state index < -0.39 is 0 Å². The molecule has 0 aliphatic heterocycles. The van der Waals surface area contributed by atoms with E-state index in [2.05, 4.69) is 13.3 Å². The molecule has 2 fully saturated rings. The minimum atomic E-state index is 0.536. The molecule has 0 saturated heterocycles. The van der Waals surface area contributed by atoms with Crippen LogP contribution in [-0.2, 0) is 9.47 Å². The van der Waals surface area contributed by atoms with Gasteiger partial charge in [-0.1, -0.05) is 77.6 Å². The lowest BCUT2D eigenvalue weighted by atomic mass is 9.95. The predicted octanol–water partition coefficient (Wildman–Crippen LogP) is 8.24. The molecule has 0 N–H and O–H groups in total. The third-order valence-electron chi connectivity index (χ3n) is 7.02. The molecule has 0 aromatic rings. The van der Waals surface area contributed by atoms with E-state index in [0.717, 1.165) is 25.6 Å². The predicted molar refractivity (Wildman–Crippen MR) is 125 cm³/mol. The van der Waals surface area contributed by atoms with Gasteiger partial charge in [0.15, 0.2) is 0 Å². The molecule has 29 heavy (non-hydrogen) atoms. The topological polar surface area (TPSA) is 18.5 Å². The summed E-state index contributed by atoms with van der Waals surface area (Å²) in [6.45, 7) is 5.88. The van der Waals surface area contributed by atoms with Crippen molar-refractivity contribution >= 4 is 0 Å². The molecule has 2 rings (SSSR count). The Labute approximate surface area is 182 Å². The van der Waals surface area contributed by atoms with Crippen molar-refractivity contribution in [3.05, 3.63) is 13.3 Å². The Balaban J connectivity index is 1.42. The molecule has 2 aliphatic carbocycles. The van der Waals surface area contributed by atoms with Crippen molar-refractivity contribution in [2.75, 3.05) is 13.2 Å². The Morgan fingerprint density at radius 3 is 2.14 bits per heavy atom. The number of rotatable bonds is 15. The van der Waals surface area contributed by atoms with Crippen molar-refractivity contribution in [1.29, 1.82) is 0 Å². The van der Waals surface area contributed by atoms with Crippen LogP contribution in [-0.4, -0.2) is 25.4 Å². The molecule has 0 heterocycles. The van der Waals surface area contributed by atoms with Crippen LogP contribution in [0.2, 0.25) is 0 Å². The van der Waals surface area contributed by atoms with Gasteiger partial charge in [-0.25, -0.2) is 0 Å². The monoisotopic (exact) mass is 406 g/mol. The summed E-state index contributed by atoms with van der Waals surface area (Å²) >= 11 is 0. The summed E-state index contributed by atoms with van der Waals surface area (Å²) in [6.07, 6.45) is 29.8. The zero-order chi connectivity index (χ0) is 20.4. The highest BCUT2D eigenvalue weighted by Crippen LogP contribution is 2.28. The zero-order valence-electron chi connectivity index (χ0n) is 19.4. The third kappa shape index (κ3) is 13.0. The minimum Gasteiger partial charge on any atom is -0.378 e. The van der Waals surface area contributed by atoms with Gasteiger partial charge in [-0.05, 0) is 70.1 Å². The van der Waals surface area contributed by atoms with E-state index in [1.165, 1.54) is 122 Å². The highest BCUT2D eigenvalue weighted by Gasteiger charge is 2.19. The summed E-state index contributed by atoms with van der Waals surface area (Å²) in [6, 6.07) is 0. The van der Waals surface area contributed by atoms with Crippen LogP contribution >= 0.6 is 0 Å². The molecule has 0 spiro atoms. The van der Waals surface area contributed by atoms with Crippen molar-refractivity contribution in [2.45, 2.75) is 141 Å². The van der Waals surface area contributed by atoms with E-state index in [0.29, 0.717) is 12.2 Å². The molecule has 2 nitrogen and oxygen atoms in total. The lowest BCUT2D eigenvalue weighted by Gasteiger charge is -2.18. The van der Waals surface area contributed by atoms with Crippen LogP contribution in [0.4, 0.5) is 0 Å². The quantitative estimate of drug-likeness (QED) is 0.201. The first-order chi connectivity index (χ1) is 14.4. The van der Waals surface area contributed by atoms with E-state index >= 15 is 0 Å². The van der Waals surface area contributed by atoms with Crippen LogP contribution in [0.15, 0.2) is 0 Å². The Hall–Kier alpha value is -0.0800. The van der Waals surface area contributed by atoms with Crippen LogP contribution in [0.1, 0.15) is 128 Å². The van der Waals surface area contributed by atoms with Gasteiger partial charge in [0.2, 0.25) is 0 Å². The first-order valence-corrected chi connectivity index (χ1v) is 13.2. The lowest BCUT2D eigenvalue weighted by Crippen LogP contribution is -2.14. The minimum absolute atomic E-state index is 0.536. The molecule has 0 amide bonds. The molecule has 2 radical (unpaired) electrons. The molecular weight excluding hydrogens is 356 g/mol. The molecule has 2 heteroatoms. The highest BCUT2D eigenvalue weighted by molar-refractivity contribution is 4.75. The van der Waals surface area contributed by atoms with Crippen LogP contribution in [0.3, 0.4) is 0 Å². The van der Waals surface area contributed by atoms with Gasteiger partial charge in [-0.3, -0.25) is 0 Å². The largest absolute Gasteiger partial charge is 0.378 e. The number of ether oxygens (including phenoxy) is 2. The summed E-state index contributed by atoms with van der Waals surface area (Å²) in [5, 5.41) is 0. The smallest absolute Gasteiger partial charge is 0.0575 e. The van der Waals surface area contributed by atoms with E-state index in [9.17, 15) is 0 Å². The average molecular weight is 407 g/mol.